The average Bonchev–Trinajstić information content (AvgIpc) is 2.28. The molecule has 1 unspecified atom stereocenters. The average molecular weight is 271 g/mol. The Morgan fingerprint density at radius 1 is 1.28 bits per heavy atom. The fourth-order valence-electron chi connectivity index (χ4n) is 1.46. The summed E-state index contributed by atoms with van der Waals surface area (Å²) < 4.78 is 10.9. The standard InChI is InChI=1S/C11H17N3O3S/c1-3-12-9-6-10(13-4-5-18(2)17)8-11(7-9)14(15)16/h6-8,12-13H,3-5H2,1-2H3. The lowest BCUT2D eigenvalue weighted by atomic mass is 10.2. The minimum Gasteiger partial charge on any atom is -0.385 e. The van der Waals surface area contributed by atoms with E-state index in [0.717, 1.165) is 0 Å². The van der Waals surface area contributed by atoms with Crippen LogP contribution in [0.4, 0.5) is 17.1 Å². The van der Waals surface area contributed by atoms with Crippen molar-refractivity contribution in [1.82, 2.24) is 0 Å². The van der Waals surface area contributed by atoms with Crippen LogP contribution in [0, 0.1) is 10.1 Å². The van der Waals surface area contributed by atoms with Crippen LogP contribution in [-0.2, 0) is 10.8 Å². The van der Waals surface area contributed by atoms with Crippen LogP contribution in [0.5, 0.6) is 0 Å². The number of non-ortho nitro benzene ring substituents is 1. The second-order valence-electron chi connectivity index (χ2n) is 3.76. The van der Waals surface area contributed by atoms with Crippen LogP contribution < -0.4 is 10.6 Å². The molecule has 6 nitrogen and oxygen atoms in total. The zero-order valence-electron chi connectivity index (χ0n) is 10.4. The second-order valence-corrected chi connectivity index (χ2v) is 5.31. The Labute approximate surface area is 108 Å². The highest BCUT2D eigenvalue weighted by molar-refractivity contribution is 7.84. The topological polar surface area (TPSA) is 84.3 Å². The maximum atomic E-state index is 10.9. The van der Waals surface area contributed by atoms with E-state index in [0.29, 0.717) is 30.2 Å². The zero-order valence-corrected chi connectivity index (χ0v) is 11.3. The van der Waals surface area contributed by atoms with E-state index in [1.807, 2.05) is 6.92 Å². The number of hydrogen-bond acceptors (Lipinski definition) is 5. The molecule has 0 saturated carbocycles. The van der Waals surface area contributed by atoms with Gasteiger partial charge in [0.05, 0.1) is 4.92 Å². The van der Waals surface area contributed by atoms with E-state index in [-0.39, 0.29) is 5.69 Å². The van der Waals surface area contributed by atoms with Gasteiger partial charge in [0.25, 0.3) is 5.69 Å². The first kappa shape index (κ1) is 14.4. The van der Waals surface area contributed by atoms with Crippen molar-refractivity contribution < 1.29 is 9.13 Å². The molecule has 0 saturated heterocycles. The van der Waals surface area contributed by atoms with Crippen molar-refractivity contribution in [1.29, 1.82) is 0 Å². The molecule has 0 heterocycles. The lowest BCUT2D eigenvalue weighted by molar-refractivity contribution is -0.384. The SMILES string of the molecule is CCNc1cc(NCCS(C)=O)cc([N+](=O)[O-])c1. The Morgan fingerprint density at radius 3 is 2.39 bits per heavy atom. The number of benzene rings is 1. The molecule has 1 rings (SSSR count). The van der Waals surface area contributed by atoms with Crippen LogP contribution in [0.2, 0.25) is 0 Å². The summed E-state index contributed by atoms with van der Waals surface area (Å²) in [5.41, 5.74) is 1.39. The number of nitro groups is 1. The minimum absolute atomic E-state index is 0.0357. The maximum absolute atomic E-state index is 10.9. The van der Waals surface area contributed by atoms with Gasteiger partial charge in [-0.25, -0.2) is 0 Å². The van der Waals surface area contributed by atoms with Crippen molar-refractivity contribution in [2.75, 3.05) is 35.7 Å². The molecule has 0 aliphatic carbocycles. The first-order valence-corrected chi connectivity index (χ1v) is 7.33. The lowest BCUT2D eigenvalue weighted by Crippen LogP contribution is -2.10. The molecular formula is C11H17N3O3S. The summed E-state index contributed by atoms with van der Waals surface area (Å²) >= 11 is 0. The Morgan fingerprint density at radius 2 is 1.89 bits per heavy atom. The molecule has 0 spiro atoms. The summed E-state index contributed by atoms with van der Waals surface area (Å²) in [6.45, 7) is 3.14. The highest BCUT2D eigenvalue weighted by Gasteiger charge is 2.09. The van der Waals surface area contributed by atoms with Crippen LogP contribution in [0.15, 0.2) is 18.2 Å². The summed E-state index contributed by atoms with van der Waals surface area (Å²) in [6, 6.07) is 4.77. The molecule has 1 atom stereocenters. The Hall–Kier alpha value is -1.63. The molecule has 18 heavy (non-hydrogen) atoms. The van der Waals surface area contributed by atoms with Crippen LogP contribution in [0.25, 0.3) is 0 Å². The maximum Gasteiger partial charge on any atom is 0.273 e. The molecule has 0 aliphatic rings. The van der Waals surface area contributed by atoms with Crippen molar-refractivity contribution in [3.05, 3.63) is 28.3 Å². The van der Waals surface area contributed by atoms with Gasteiger partial charge in [0.2, 0.25) is 0 Å². The lowest BCUT2D eigenvalue weighted by Gasteiger charge is -2.09. The summed E-state index contributed by atoms with van der Waals surface area (Å²) in [6.07, 6.45) is 1.62. The van der Waals surface area contributed by atoms with E-state index in [1.54, 1.807) is 12.3 Å². The molecule has 1 aromatic carbocycles. The van der Waals surface area contributed by atoms with Gasteiger partial charge < -0.3 is 10.6 Å². The number of nitrogens with one attached hydrogen (secondary N) is 2. The van der Waals surface area contributed by atoms with Gasteiger partial charge in [-0.3, -0.25) is 14.3 Å². The molecule has 0 bridgehead atoms. The van der Waals surface area contributed by atoms with Crippen molar-refractivity contribution in [2.24, 2.45) is 0 Å². The summed E-state index contributed by atoms with van der Waals surface area (Å²) in [7, 11) is -0.874. The molecule has 2 N–H and O–H groups in total. The van der Waals surface area contributed by atoms with Gasteiger partial charge in [-0.15, -0.1) is 0 Å². The van der Waals surface area contributed by atoms with Crippen molar-refractivity contribution in [3.63, 3.8) is 0 Å². The highest BCUT2D eigenvalue weighted by atomic mass is 32.2. The Balaban J connectivity index is 2.82. The van der Waals surface area contributed by atoms with E-state index in [9.17, 15) is 14.3 Å². The minimum atomic E-state index is -0.874. The first-order valence-electron chi connectivity index (χ1n) is 5.60. The molecule has 0 aliphatic heterocycles. The van der Waals surface area contributed by atoms with Gasteiger partial charge >= 0.3 is 0 Å². The van der Waals surface area contributed by atoms with Gasteiger partial charge in [0, 0.05) is 59.4 Å². The van der Waals surface area contributed by atoms with Gasteiger partial charge in [0.1, 0.15) is 0 Å². The smallest absolute Gasteiger partial charge is 0.273 e. The van der Waals surface area contributed by atoms with Crippen LogP contribution in [-0.4, -0.2) is 34.2 Å². The van der Waals surface area contributed by atoms with Gasteiger partial charge in [-0.2, -0.15) is 0 Å². The van der Waals surface area contributed by atoms with Gasteiger partial charge in [-0.05, 0) is 13.0 Å². The number of nitro benzene ring substituents is 1. The van der Waals surface area contributed by atoms with Gasteiger partial charge in [-0.1, -0.05) is 0 Å². The third kappa shape index (κ3) is 4.70. The van der Waals surface area contributed by atoms with Crippen LogP contribution in [0.3, 0.4) is 0 Å². The van der Waals surface area contributed by atoms with Crippen LogP contribution in [0.1, 0.15) is 6.92 Å². The summed E-state index contributed by atoms with van der Waals surface area (Å²) in [4.78, 5) is 10.4. The third-order valence-corrected chi connectivity index (χ3v) is 3.01. The normalized spacial score (nSPS) is 11.9. The number of nitrogens with zero attached hydrogens (tertiary/aromatic N) is 1. The molecule has 1 aromatic rings. The van der Waals surface area contributed by atoms with E-state index >= 15 is 0 Å². The van der Waals surface area contributed by atoms with Crippen molar-refractivity contribution >= 4 is 27.9 Å². The summed E-state index contributed by atoms with van der Waals surface area (Å²) in [5, 5.41) is 16.9. The second kappa shape index (κ2) is 6.95. The number of rotatable bonds is 7. The molecule has 0 amide bonds. The zero-order chi connectivity index (χ0) is 13.5. The van der Waals surface area contributed by atoms with E-state index in [2.05, 4.69) is 10.6 Å². The third-order valence-electron chi connectivity index (χ3n) is 2.23. The first-order chi connectivity index (χ1) is 8.52. The number of anilines is 2. The molecule has 100 valence electrons. The highest BCUT2D eigenvalue weighted by Crippen LogP contribution is 2.24. The quantitative estimate of drug-likeness (QED) is 0.583. The molecule has 0 fully saturated rings. The molecular weight excluding hydrogens is 254 g/mol. The number of hydrogen-bond donors (Lipinski definition) is 2. The van der Waals surface area contributed by atoms with Gasteiger partial charge in [0.15, 0.2) is 0 Å². The predicted octanol–water partition coefficient (Wildman–Crippen LogP) is 1.82. The Kier molecular flexibility index (Phi) is 5.57. The molecule has 0 radical (unpaired) electrons. The monoisotopic (exact) mass is 271 g/mol. The fraction of sp³-hybridized carbons (Fsp3) is 0.455. The fourth-order valence-corrected chi connectivity index (χ4v) is 1.85. The van der Waals surface area contributed by atoms with Crippen LogP contribution >= 0.6 is 0 Å². The van der Waals surface area contributed by atoms with E-state index in [4.69, 9.17) is 0 Å². The van der Waals surface area contributed by atoms with Crippen molar-refractivity contribution in [3.8, 4) is 0 Å². The predicted molar refractivity (Wildman–Crippen MR) is 74.7 cm³/mol. The Bertz CT molecular complexity index is 451. The van der Waals surface area contributed by atoms with Crippen molar-refractivity contribution in [2.45, 2.75) is 6.92 Å². The molecule has 7 heteroatoms. The molecule has 0 aromatic heterocycles. The van der Waals surface area contributed by atoms with E-state index < -0.39 is 15.7 Å². The largest absolute Gasteiger partial charge is 0.385 e. The van der Waals surface area contributed by atoms with E-state index in [1.165, 1.54) is 12.1 Å². The summed E-state index contributed by atoms with van der Waals surface area (Å²) in [5.74, 6) is 0.513.